The highest BCUT2D eigenvalue weighted by Crippen LogP contribution is 2.34. The molecule has 5 rings (SSSR count). The molecule has 0 aliphatic carbocycles. The molecule has 2 aliphatic rings. The molecule has 2 N–H and O–H groups in total. The molecular formula is C25H25F2N5O. The number of hydrogen-bond acceptors (Lipinski definition) is 5. The van der Waals surface area contributed by atoms with Crippen molar-refractivity contribution >= 4 is 23.1 Å². The molecule has 8 heteroatoms. The van der Waals surface area contributed by atoms with Crippen LogP contribution in [0.4, 0.5) is 26.0 Å². The number of hydrogen-bond donors (Lipinski definition) is 2. The van der Waals surface area contributed by atoms with Crippen LogP contribution in [0.25, 0.3) is 11.3 Å². The number of piperidine rings is 1. The van der Waals surface area contributed by atoms with Gasteiger partial charge in [0, 0.05) is 12.1 Å². The SMILES string of the molecule is C[C@@H]1CCC[C@H](C)N1c1ccc(Nc2cc(-c3c(F)cccc3F)nc3c2C(=O)NC3)nc1. The summed E-state index contributed by atoms with van der Waals surface area (Å²) >= 11 is 0. The van der Waals surface area contributed by atoms with Crippen molar-refractivity contribution < 1.29 is 13.6 Å². The van der Waals surface area contributed by atoms with Gasteiger partial charge in [0.25, 0.3) is 5.91 Å². The molecule has 4 heterocycles. The van der Waals surface area contributed by atoms with Crippen LogP contribution < -0.4 is 15.5 Å². The maximum atomic E-state index is 14.4. The van der Waals surface area contributed by atoms with Gasteiger partial charge in [-0.1, -0.05) is 6.07 Å². The van der Waals surface area contributed by atoms with Crippen LogP contribution in [0.3, 0.4) is 0 Å². The van der Waals surface area contributed by atoms with Gasteiger partial charge in [-0.25, -0.2) is 18.7 Å². The molecule has 1 saturated heterocycles. The Kier molecular flexibility index (Phi) is 5.44. The summed E-state index contributed by atoms with van der Waals surface area (Å²) in [4.78, 5) is 23.7. The number of nitrogens with one attached hydrogen (secondary N) is 2. The summed E-state index contributed by atoms with van der Waals surface area (Å²) in [5, 5.41) is 5.89. The number of nitrogens with zero attached hydrogens (tertiary/aromatic N) is 3. The zero-order valence-electron chi connectivity index (χ0n) is 18.5. The summed E-state index contributed by atoms with van der Waals surface area (Å²) in [7, 11) is 0. The minimum atomic E-state index is -0.710. The Morgan fingerprint density at radius 2 is 1.79 bits per heavy atom. The number of anilines is 3. The van der Waals surface area contributed by atoms with Gasteiger partial charge in [0.1, 0.15) is 17.5 Å². The Labute approximate surface area is 191 Å². The van der Waals surface area contributed by atoms with Gasteiger partial charge in [0.2, 0.25) is 0 Å². The summed E-state index contributed by atoms with van der Waals surface area (Å²) in [5.74, 6) is -1.17. The highest BCUT2D eigenvalue weighted by Gasteiger charge is 2.28. The highest BCUT2D eigenvalue weighted by molar-refractivity contribution is 6.04. The van der Waals surface area contributed by atoms with E-state index in [0.717, 1.165) is 18.5 Å². The average Bonchev–Trinajstić information content (AvgIpc) is 3.16. The number of aromatic nitrogens is 2. The number of carbonyl (C=O) groups excluding carboxylic acids is 1. The van der Waals surface area contributed by atoms with Crippen molar-refractivity contribution in [3.63, 3.8) is 0 Å². The first-order valence-corrected chi connectivity index (χ1v) is 11.2. The van der Waals surface area contributed by atoms with E-state index >= 15 is 0 Å². The molecule has 1 amide bonds. The van der Waals surface area contributed by atoms with E-state index in [4.69, 9.17) is 0 Å². The van der Waals surface area contributed by atoms with Gasteiger partial charge in [-0.05, 0) is 63.4 Å². The van der Waals surface area contributed by atoms with Crippen molar-refractivity contribution in [1.29, 1.82) is 0 Å². The molecule has 0 radical (unpaired) electrons. The van der Waals surface area contributed by atoms with Gasteiger partial charge >= 0.3 is 0 Å². The lowest BCUT2D eigenvalue weighted by Gasteiger charge is -2.40. The van der Waals surface area contributed by atoms with E-state index < -0.39 is 11.6 Å². The van der Waals surface area contributed by atoms with E-state index in [1.807, 2.05) is 18.3 Å². The third kappa shape index (κ3) is 3.90. The minimum Gasteiger partial charge on any atom is -0.365 e. The molecule has 170 valence electrons. The third-order valence-corrected chi connectivity index (χ3v) is 6.46. The molecule has 1 fully saturated rings. The van der Waals surface area contributed by atoms with Gasteiger partial charge in [0.05, 0.1) is 46.6 Å². The van der Waals surface area contributed by atoms with Crippen LogP contribution >= 0.6 is 0 Å². The van der Waals surface area contributed by atoms with E-state index in [2.05, 4.69) is 39.3 Å². The monoisotopic (exact) mass is 449 g/mol. The van der Waals surface area contributed by atoms with E-state index in [9.17, 15) is 13.6 Å². The summed E-state index contributed by atoms with van der Waals surface area (Å²) in [6.07, 6.45) is 5.35. The fourth-order valence-corrected chi connectivity index (χ4v) is 4.88. The Hall–Kier alpha value is -3.55. The lowest BCUT2D eigenvalue weighted by molar-refractivity contribution is 0.0966. The quantitative estimate of drug-likeness (QED) is 0.575. The second kappa shape index (κ2) is 8.42. The summed E-state index contributed by atoms with van der Waals surface area (Å²) in [5.41, 5.74) is 2.16. The van der Waals surface area contributed by atoms with Crippen LogP contribution in [0, 0.1) is 11.6 Å². The molecule has 0 unspecified atom stereocenters. The maximum Gasteiger partial charge on any atom is 0.255 e. The molecule has 33 heavy (non-hydrogen) atoms. The Balaban J connectivity index is 1.49. The molecule has 2 aliphatic heterocycles. The van der Waals surface area contributed by atoms with Gasteiger partial charge in [-0.2, -0.15) is 0 Å². The first-order chi connectivity index (χ1) is 15.9. The van der Waals surface area contributed by atoms with Crippen molar-refractivity contribution in [3.05, 3.63) is 65.5 Å². The highest BCUT2D eigenvalue weighted by atomic mass is 19.1. The van der Waals surface area contributed by atoms with Crippen LogP contribution in [-0.2, 0) is 6.54 Å². The predicted molar refractivity (Wildman–Crippen MR) is 124 cm³/mol. The minimum absolute atomic E-state index is 0.121. The van der Waals surface area contributed by atoms with E-state index in [0.29, 0.717) is 34.8 Å². The summed E-state index contributed by atoms with van der Waals surface area (Å²) in [6, 6.07) is 9.93. The number of halogens is 2. The number of fused-ring (bicyclic) bond motifs is 1. The predicted octanol–water partition coefficient (Wildman–Crippen LogP) is 5.18. The van der Waals surface area contributed by atoms with Gasteiger partial charge in [-0.3, -0.25) is 4.79 Å². The second-order valence-electron chi connectivity index (χ2n) is 8.72. The topological polar surface area (TPSA) is 70.2 Å². The average molecular weight is 450 g/mol. The molecule has 0 spiro atoms. The summed E-state index contributed by atoms with van der Waals surface area (Å²) < 4.78 is 28.8. The fraction of sp³-hybridized carbons (Fsp3) is 0.320. The molecule has 0 bridgehead atoms. The molecule has 2 aromatic heterocycles. The van der Waals surface area contributed by atoms with Crippen molar-refractivity contribution in [2.75, 3.05) is 10.2 Å². The van der Waals surface area contributed by atoms with Crippen LogP contribution in [0.5, 0.6) is 0 Å². The molecule has 0 saturated carbocycles. The van der Waals surface area contributed by atoms with Gasteiger partial charge < -0.3 is 15.5 Å². The van der Waals surface area contributed by atoms with Crippen LogP contribution in [0.1, 0.15) is 49.2 Å². The number of carbonyl (C=O) groups is 1. The first kappa shape index (κ1) is 21.3. The van der Waals surface area contributed by atoms with Gasteiger partial charge in [-0.15, -0.1) is 0 Å². The Morgan fingerprint density at radius 3 is 2.45 bits per heavy atom. The lowest BCUT2D eigenvalue weighted by Crippen LogP contribution is -2.43. The molecule has 2 atom stereocenters. The van der Waals surface area contributed by atoms with Gasteiger partial charge in [0.15, 0.2) is 0 Å². The van der Waals surface area contributed by atoms with Crippen molar-refractivity contribution in [2.45, 2.75) is 51.7 Å². The molecule has 6 nitrogen and oxygen atoms in total. The first-order valence-electron chi connectivity index (χ1n) is 11.2. The molecule has 1 aromatic carbocycles. The summed E-state index contributed by atoms with van der Waals surface area (Å²) in [6.45, 7) is 4.65. The number of pyridine rings is 2. The van der Waals surface area contributed by atoms with Crippen LogP contribution in [0.2, 0.25) is 0 Å². The van der Waals surface area contributed by atoms with E-state index in [-0.39, 0.29) is 23.7 Å². The van der Waals surface area contributed by atoms with E-state index in [1.165, 1.54) is 30.7 Å². The van der Waals surface area contributed by atoms with Crippen LogP contribution in [0.15, 0.2) is 42.6 Å². The Bertz CT molecular complexity index is 1180. The Morgan fingerprint density at radius 1 is 1.06 bits per heavy atom. The maximum absolute atomic E-state index is 14.4. The second-order valence-corrected chi connectivity index (χ2v) is 8.72. The third-order valence-electron chi connectivity index (χ3n) is 6.46. The van der Waals surface area contributed by atoms with Crippen molar-refractivity contribution in [3.8, 4) is 11.3 Å². The van der Waals surface area contributed by atoms with Crippen molar-refractivity contribution in [1.82, 2.24) is 15.3 Å². The number of benzene rings is 1. The zero-order chi connectivity index (χ0) is 23.1. The lowest BCUT2D eigenvalue weighted by atomic mass is 9.97. The van der Waals surface area contributed by atoms with E-state index in [1.54, 1.807) is 0 Å². The zero-order valence-corrected chi connectivity index (χ0v) is 18.5. The number of rotatable bonds is 4. The molecular weight excluding hydrogens is 424 g/mol. The normalized spacial score (nSPS) is 19.9. The number of amides is 1. The molecule has 3 aromatic rings. The largest absolute Gasteiger partial charge is 0.365 e. The van der Waals surface area contributed by atoms with Crippen LogP contribution in [-0.4, -0.2) is 28.0 Å². The van der Waals surface area contributed by atoms with Crippen molar-refractivity contribution in [2.24, 2.45) is 0 Å². The fourth-order valence-electron chi connectivity index (χ4n) is 4.88. The standard InChI is InChI=1S/C25H25F2N5O/c1-14-5-3-6-15(2)32(14)16-9-10-22(28-12-16)31-20-11-19(23-17(26)7-4-8-18(23)27)30-21-13-29-25(33)24(20)21/h4,7-12,14-15H,3,5-6,13H2,1-2H3,(H,29,33)(H,28,30,31)/t14-,15+. The smallest absolute Gasteiger partial charge is 0.255 e.